The van der Waals surface area contributed by atoms with Crippen molar-refractivity contribution in [1.29, 1.82) is 0 Å². The van der Waals surface area contributed by atoms with Crippen molar-refractivity contribution in [3.8, 4) is 0 Å². The van der Waals surface area contributed by atoms with E-state index in [1.807, 2.05) is 13.0 Å². The lowest BCUT2D eigenvalue weighted by Gasteiger charge is -2.36. The molecule has 0 saturated carbocycles. The van der Waals surface area contributed by atoms with E-state index in [1.54, 1.807) is 6.07 Å². The highest BCUT2D eigenvalue weighted by Crippen LogP contribution is 2.17. The van der Waals surface area contributed by atoms with Gasteiger partial charge in [0.25, 0.3) is 0 Å². The number of nitrogens with zero attached hydrogens (tertiary/aromatic N) is 1. The van der Waals surface area contributed by atoms with Gasteiger partial charge in [-0.1, -0.05) is 12.1 Å². The molecule has 2 atom stereocenters. The topological polar surface area (TPSA) is 41.6 Å². The van der Waals surface area contributed by atoms with Gasteiger partial charge in [0.15, 0.2) is 0 Å². The maximum atomic E-state index is 14.0. The molecule has 0 unspecified atom stereocenters. The minimum absolute atomic E-state index is 0.257. The van der Waals surface area contributed by atoms with Crippen molar-refractivity contribution in [3.05, 3.63) is 35.1 Å². The molecule has 1 aromatic carbocycles. The minimum Gasteiger partial charge on any atom is -0.468 e. The van der Waals surface area contributed by atoms with Gasteiger partial charge in [0, 0.05) is 32.1 Å². The Hall–Kier alpha value is -1.46. The highest BCUT2D eigenvalue weighted by atomic mass is 19.1. The third-order valence-corrected chi connectivity index (χ3v) is 3.94. The molecule has 116 valence electrons. The number of hydrogen-bond donors (Lipinski definition) is 1. The molecule has 1 fully saturated rings. The predicted octanol–water partition coefficient (Wildman–Crippen LogP) is 1.51. The number of nitrogens with one attached hydrogen (secondary N) is 1. The molecule has 0 spiro atoms. The van der Waals surface area contributed by atoms with Gasteiger partial charge in [-0.05, 0) is 31.0 Å². The van der Waals surface area contributed by atoms with E-state index in [9.17, 15) is 9.18 Å². The molecule has 0 aromatic heterocycles. The maximum Gasteiger partial charge on any atom is 0.323 e. The lowest BCUT2D eigenvalue weighted by Crippen LogP contribution is -2.55. The van der Waals surface area contributed by atoms with E-state index in [0.717, 1.165) is 25.2 Å². The Morgan fingerprint density at radius 1 is 1.57 bits per heavy atom. The molecule has 1 heterocycles. The van der Waals surface area contributed by atoms with E-state index in [2.05, 4.69) is 17.1 Å². The molecule has 2 rings (SSSR count). The number of halogens is 1. The zero-order valence-corrected chi connectivity index (χ0v) is 12.9. The second kappa shape index (κ2) is 7.00. The number of carbonyl (C=O) groups excluding carboxylic acids is 1. The molecule has 1 N–H and O–H groups in total. The normalized spacial score (nSPS) is 21.0. The Balaban J connectivity index is 2.18. The van der Waals surface area contributed by atoms with Gasteiger partial charge in [-0.3, -0.25) is 9.69 Å². The fraction of sp³-hybridized carbons (Fsp3) is 0.562. The molecular weight excluding hydrogens is 271 g/mol. The summed E-state index contributed by atoms with van der Waals surface area (Å²) in [6, 6.07) is 5.01. The summed E-state index contributed by atoms with van der Waals surface area (Å²) in [5, 5.41) is 3.34. The van der Waals surface area contributed by atoms with Gasteiger partial charge in [0.1, 0.15) is 11.9 Å². The third-order valence-electron chi connectivity index (χ3n) is 3.94. The monoisotopic (exact) mass is 294 g/mol. The van der Waals surface area contributed by atoms with Gasteiger partial charge in [-0.15, -0.1) is 0 Å². The SMILES string of the molecule is COC(=O)[C@H](Cc1ccc(C)cc1F)N1CCN[C@@H](C)C1. The van der Waals surface area contributed by atoms with Gasteiger partial charge in [-0.25, -0.2) is 4.39 Å². The second-order valence-corrected chi connectivity index (χ2v) is 5.69. The van der Waals surface area contributed by atoms with Crippen LogP contribution in [0.25, 0.3) is 0 Å². The summed E-state index contributed by atoms with van der Waals surface area (Å²) in [6.07, 6.45) is 0.339. The molecule has 0 aliphatic carbocycles. The zero-order chi connectivity index (χ0) is 15.4. The summed E-state index contributed by atoms with van der Waals surface area (Å²) in [4.78, 5) is 14.2. The van der Waals surface area contributed by atoms with E-state index in [0.29, 0.717) is 18.0 Å². The van der Waals surface area contributed by atoms with Gasteiger partial charge in [0.05, 0.1) is 7.11 Å². The third kappa shape index (κ3) is 4.02. The van der Waals surface area contributed by atoms with Crippen LogP contribution in [0.3, 0.4) is 0 Å². The largest absolute Gasteiger partial charge is 0.468 e. The number of carbonyl (C=O) groups is 1. The van der Waals surface area contributed by atoms with Crippen molar-refractivity contribution in [3.63, 3.8) is 0 Å². The van der Waals surface area contributed by atoms with E-state index in [1.165, 1.54) is 13.2 Å². The Morgan fingerprint density at radius 3 is 2.95 bits per heavy atom. The first-order valence-electron chi connectivity index (χ1n) is 7.31. The van der Waals surface area contributed by atoms with Crippen LogP contribution in [0.2, 0.25) is 0 Å². The van der Waals surface area contributed by atoms with Crippen molar-refractivity contribution in [2.75, 3.05) is 26.7 Å². The number of aryl methyl sites for hydroxylation is 1. The lowest BCUT2D eigenvalue weighted by molar-refractivity contribution is -0.147. The molecule has 5 heteroatoms. The molecule has 0 bridgehead atoms. The fourth-order valence-corrected chi connectivity index (χ4v) is 2.77. The molecule has 1 aromatic rings. The van der Waals surface area contributed by atoms with Crippen LogP contribution in [0.5, 0.6) is 0 Å². The Labute approximate surface area is 125 Å². The summed E-state index contributed by atoms with van der Waals surface area (Å²) in [5.74, 6) is -0.559. The average molecular weight is 294 g/mol. The Bertz CT molecular complexity index is 507. The molecule has 1 saturated heterocycles. The van der Waals surface area contributed by atoms with Crippen LogP contribution in [0.4, 0.5) is 4.39 Å². The van der Waals surface area contributed by atoms with Crippen molar-refractivity contribution < 1.29 is 13.9 Å². The van der Waals surface area contributed by atoms with Crippen LogP contribution in [-0.4, -0.2) is 49.7 Å². The van der Waals surface area contributed by atoms with Crippen molar-refractivity contribution >= 4 is 5.97 Å². The van der Waals surface area contributed by atoms with Crippen LogP contribution in [0, 0.1) is 12.7 Å². The van der Waals surface area contributed by atoms with Crippen molar-refractivity contribution in [2.45, 2.75) is 32.4 Å². The lowest BCUT2D eigenvalue weighted by atomic mass is 10.0. The number of methoxy groups -OCH3 is 1. The number of ether oxygens (including phenoxy) is 1. The van der Waals surface area contributed by atoms with E-state index < -0.39 is 6.04 Å². The maximum absolute atomic E-state index is 14.0. The smallest absolute Gasteiger partial charge is 0.323 e. The number of benzene rings is 1. The predicted molar refractivity (Wildman–Crippen MR) is 79.7 cm³/mol. The van der Waals surface area contributed by atoms with Gasteiger partial charge < -0.3 is 10.1 Å². The molecule has 21 heavy (non-hydrogen) atoms. The summed E-state index contributed by atoms with van der Waals surface area (Å²) in [7, 11) is 1.38. The highest BCUT2D eigenvalue weighted by molar-refractivity contribution is 5.76. The van der Waals surface area contributed by atoms with Gasteiger partial charge >= 0.3 is 5.97 Å². The quantitative estimate of drug-likeness (QED) is 0.855. The summed E-state index contributed by atoms with van der Waals surface area (Å²) in [6.45, 7) is 6.27. The molecule has 4 nitrogen and oxygen atoms in total. The standard InChI is InChI=1S/C16H23FN2O2/c1-11-4-5-13(14(17)8-11)9-15(16(20)21-3)19-7-6-18-12(2)10-19/h4-5,8,12,15,18H,6-7,9-10H2,1-3H3/t12-,15-/m0/s1. The van der Waals surface area contributed by atoms with Crippen molar-refractivity contribution in [2.24, 2.45) is 0 Å². The first-order chi connectivity index (χ1) is 10.0. The fourth-order valence-electron chi connectivity index (χ4n) is 2.77. The summed E-state index contributed by atoms with van der Waals surface area (Å²) >= 11 is 0. The number of piperazine rings is 1. The minimum atomic E-state index is -0.434. The first-order valence-corrected chi connectivity index (χ1v) is 7.31. The highest BCUT2D eigenvalue weighted by Gasteiger charge is 2.30. The molecular formula is C16H23FN2O2. The van der Waals surface area contributed by atoms with Crippen molar-refractivity contribution in [1.82, 2.24) is 10.2 Å². The zero-order valence-electron chi connectivity index (χ0n) is 12.9. The van der Waals surface area contributed by atoms with E-state index in [4.69, 9.17) is 4.74 Å². The molecule has 0 amide bonds. The van der Waals surface area contributed by atoms with Crippen LogP contribution in [-0.2, 0) is 16.0 Å². The molecule has 0 radical (unpaired) electrons. The van der Waals surface area contributed by atoms with Crippen LogP contribution in [0.15, 0.2) is 18.2 Å². The number of rotatable bonds is 4. The summed E-state index contributed by atoms with van der Waals surface area (Å²) < 4.78 is 19.0. The molecule has 1 aliphatic heterocycles. The first kappa shape index (κ1) is 15.9. The second-order valence-electron chi connectivity index (χ2n) is 5.69. The summed E-state index contributed by atoms with van der Waals surface area (Å²) in [5.41, 5.74) is 1.43. The number of hydrogen-bond acceptors (Lipinski definition) is 4. The number of esters is 1. The van der Waals surface area contributed by atoms with Gasteiger partial charge in [0.2, 0.25) is 0 Å². The van der Waals surface area contributed by atoms with E-state index in [-0.39, 0.29) is 11.8 Å². The van der Waals surface area contributed by atoms with E-state index >= 15 is 0 Å². The Morgan fingerprint density at radius 2 is 2.33 bits per heavy atom. The Kier molecular flexibility index (Phi) is 5.31. The van der Waals surface area contributed by atoms with Crippen LogP contribution >= 0.6 is 0 Å². The van der Waals surface area contributed by atoms with Crippen LogP contribution < -0.4 is 5.32 Å². The van der Waals surface area contributed by atoms with Gasteiger partial charge in [-0.2, -0.15) is 0 Å². The van der Waals surface area contributed by atoms with Crippen LogP contribution in [0.1, 0.15) is 18.1 Å². The molecule has 1 aliphatic rings. The average Bonchev–Trinajstić information content (AvgIpc) is 2.45.